The van der Waals surface area contributed by atoms with Crippen LogP contribution in [0.1, 0.15) is 26.3 Å². The molecule has 1 aromatic heterocycles. The first-order valence-corrected chi connectivity index (χ1v) is 10.5. The Labute approximate surface area is 206 Å². The minimum Gasteiger partial charge on any atom is -0.468 e. The number of halogens is 3. The summed E-state index contributed by atoms with van der Waals surface area (Å²) in [4.78, 5) is 62.8. The highest BCUT2D eigenvalue weighted by Gasteiger charge is 2.26. The van der Waals surface area contributed by atoms with Crippen molar-refractivity contribution >= 4 is 35.1 Å². The summed E-state index contributed by atoms with van der Waals surface area (Å²) in [5, 5.41) is -0.470. The number of carbonyl (C=O) groups excluding carboxylic acids is 3. The van der Waals surface area contributed by atoms with E-state index in [0.717, 1.165) is 11.7 Å². The van der Waals surface area contributed by atoms with E-state index in [-0.39, 0.29) is 6.54 Å². The SMILES string of the molecule is COC(=O)Cn1c(=O)c(C(=O)COC(=O)c2cc(F)c(F)cc2Cl)c(N)n(Cc2ccccc2)c1=O. The van der Waals surface area contributed by atoms with Gasteiger partial charge in [0.05, 0.1) is 24.2 Å². The molecule has 0 aliphatic heterocycles. The number of Topliss-reactive ketones (excluding diaryl/α,β-unsaturated/α-hetero) is 1. The number of nitrogen functional groups attached to an aromatic ring is 1. The van der Waals surface area contributed by atoms with Crippen molar-refractivity contribution in [2.45, 2.75) is 13.1 Å². The van der Waals surface area contributed by atoms with Gasteiger partial charge in [0, 0.05) is 0 Å². The molecule has 0 aliphatic rings. The van der Waals surface area contributed by atoms with E-state index in [1.54, 1.807) is 30.3 Å². The Hall–Kier alpha value is -4.32. The molecule has 3 rings (SSSR count). The van der Waals surface area contributed by atoms with Crippen LogP contribution in [0.4, 0.5) is 14.6 Å². The van der Waals surface area contributed by atoms with E-state index in [1.807, 2.05) is 0 Å². The molecule has 13 heteroatoms. The average molecular weight is 522 g/mol. The zero-order valence-electron chi connectivity index (χ0n) is 18.6. The van der Waals surface area contributed by atoms with Gasteiger partial charge in [0.2, 0.25) is 5.78 Å². The molecule has 0 saturated carbocycles. The summed E-state index contributed by atoms with van der Waals surface area (Å²) in [7, 11) is 1.04. The molecule has 0 atom stereocenters. The second-order valence-corrected chi connectivity index (χ2v) is 7.73. The van der Waals surface area contributed by atoms with Crippen LogP contribution in [0.15, 0.2) is 52.1 Å². The van der Waals surface area contributed by atoms with E-state index in [9.17, 15) is 32.8 Å². The number of hydrogen-bond donors (Lipinski definition) is 1. The lowest BCUT2D eigenvalue weighted by molar-refractivity contribution is -0.141. The van der Waals surface area contributed by atoms with Crippen LogP contribution in [0.25, 0.3) is 0 Å². The Morgan fingerprint density at radius 3 is 2.31 bits per heavy atom. The Kier molecular flexibility index (Phi) is 8.00. The van der Waals surface area contributed by atoms with Crippen molar-refractivity contribution in [3.63, 3.8) is 0 Å². The van der Waals surface area contributed by atoms with Gasteiger partial charge in [-0.25, -0.2) is 22.9 Å². The van der Waals surface area contributed by atoms with Gasteiger partial charge in [0.1, 0.15) is 17.9 Å². The highest BCUT2D eigenvalue weighted by atomic mass is 35.5. The number of carbonyl (C=O) groups is 3. The summed E-state index contributed by atoms with van der Waals surface area (Å²) in [6.07, 6.45) is 0. The number of esters is 2. The highest BCUT2D eigenvalue weighted by Crippen LogP contribution is 2.21. The van der Waals surface area contributed by atoms with Crippen molar-refractivity contribution in [2.75, 3.05) is 19.5 Å². The molecule has 1 heterocycles. The van der Waals surface area contributed by atoms with Gasteiger partial charge < -0.3 is 15.2 Å². The maximum absolute atomic E-state index is 13.5. The minimum atomic E-state index is -1.37. The number of nitrogens with two attached hydrogens (primary N) is 1. The third kappa shape index (κ3) is 5.49. The van der Waals surface area contributed by atoms with Crippen LogP contribution in [0, 0.1) is 11.6 Å². The summed E-state index contributed by atoms with van der Waals surface area (Å²) in [6.45, 7) is -2.03. The average Bonchev–Trinajstić information content (AvgIpc) is 2.85. The van der Waals surface area contributed by atoms with Gasteiger partial charge in [-0.3, -0.25) is 19.0 Å². The Balaban J connectivity index is 2.00. The lowest BCUT2D eigenvalue weighted by Crippen LogP contribution is -2.46. The lowest BCUT2D eigenvalue weighted by atomic mass is 10.1. The van der Waals surface area contributed by atoms with Crippen LogP contribution in [0.2, 0.25) is 5.02 Å². The van der Waals surface area contributed by atoms with Gasteiger partial charge in [-0.1, -0.05) is 41.9 Å². The standard InChI is InChI=1S/C23H18ClF2N3O7/c1-35-18(31)10-29-21(32)19(20(27)28(23(29)34)9-12-5-3-2-4-6-12)17(30)11-36-22(33)13-7-15(25)16(26)8-14(13)24/h2-8H,9-11,27H2,1H3. The molecule has 0 spiro atoms. The first kappa shape index (κ1) is 26.3. The summed E-state index contributed by atoms with van der Waals surface area (Å²) in [5.41, 5.74) is 3.12. The van der Waals surface area contributed by atoms with Gasteiger partial charge in [-0.05, 0) is 17.7 Å². The third-order valence-electron chi connectivity index (χ3n) is 5.01. The Morgan fingerprint density at radius 2 is 1.67 bits per heavy atom. The van der Waals surface area contributed by atoms with Crippen LogP contribution >= 0.6 is 11.6 Å². The fourth-order valence-electron chi connectivity index (χ4n) is 3.19. The molecule has 0 amide bonds. The van der Waals surface area contributed by atoms with Crippen LogP contribution in [0.5, 0.6) is 0 Å². The molecule has 0 unspecified atom stereocenters. The summed E-state index contributed by atoms with van der Waals surface area (Å²) < 4.78 is 37.4. The van der Waals surface area contributed by atoms with Crippen LogP contribution in [-0.2, 0) is 27.4 Å². The van der Waals surface area contributed by atoms with Gasteiger partial charge in [0.15, 0.2) is 18.2 Å². The summed E-state index contributed by atoms with van der Waals surface area (Å²) in [6, 6.07) is 9.48. The van der Waals surface area contributed by atoms with Crippen molar-refractivity contribution < 1.29 is 32.6 Å². The highest BCUT2D eigenvalue weighted by molar-refractivity contribution is 6.33. The second-order valence-electron chi connectivity index (χ2n) is 7.33. The van der Waals surface area contributed by atoms with Crippen molar-refractivity contribution in [1.82, 2.24) is 9.13 Å². The zero-order valence-corrected chi connectivity index (χ0v) is 19.4. The Bertz CT molecular complexity index is 1470. The third-order valence-corrected chi connectivity index (χ3v) is 5.32. The van der Waals surface area contributed by atoms with E-state index in [0.29, 0.717) is 22.3 Å². The number of ether oxygens (including phenoxy) is 2. The number of rotatable bonds is 8. The predicted octanol–water partition coefficient (Wildman–Crippen LogP) is 1.78. The lowest BCUT2D eigenvalue weighted by Gasteiger charge is -2.16. The maximum Gasteiger partial charge on any atom is 0.340 e. The van der Waals surface area contributed by atoms with Gasteiger partial charge in [-0.2, -0.15) is 0 Å². The number of anilines is 1. The summed E-state index contributed by atoms with van der Waals surface area (Å²) in [5.74, 6) is -6.54. The van der Waals surface area contributed by atoms with Crippen molar-refractivity contribution in [2.24, 2.45) is 0 Å². The number of hydrogen-bond acceptors (Lipinski definition) is 8. The van der Waals surface area contributed by atoms with Gasteiger partial charge in [0.25, 0.3) is 5.56 Å². The molecule has 0 aliphatic carbocycles. The van der Waals surface area contributed by atoms with Gasteiger partial charge in [-0.15, -0.1) is 0 Å². The fourth-order valence-corrected chi connectivity index (χ4v) is 3.42. The van der Waals surface area contributed by atoms with Crippen LogP contribution in [0.3, 0.4) is 0 Å². The molecule has 36 heavy (non-hydrogen) atoms. The predicted molar refractivity (Wildman–Crippen MR) is 123 cm³/mol. The Morgan fingerprint density at radius 1 is 1.03 bits per heavy atom. The van der Waals surface area contributed by atoms with Crippen molar-refractivity contribution in [3.8, 4) is 0 Å². The van der Waals surface area contributed by atoms with E-state index < -0.39 is 75.7 Å². The number of benzene rings is 2. The van der Waals surface area contributed by atoms with Crippen molar-refractivity contribution in [1.29, 1.82) is 0 Å². The topological polar surface area (TPSA) is 140 Å². The number of nitrogens with zero attached hydrogens (tertiary/aromatic N) is 2. The molecule has 10 nitrogen and oxygen atoms in total. The van der Waals surface area contributed by atoms with Crippen molar-refractivity contribution in [3.05, 3.63) is 96.7 Å². The van der Waals surface area contributed by atoms with E-state index in [1.165, 1.54) is 0 Å². The molecule has 2 aromatic carbocycles. The van der Waals surface area contributed by atoms with Gasteiger partial charge >= 0.3 is 17.6 Å². The molecular formula is C23H18ClF2N3O7. The number of aromatic nitrogens is 2. The monoisotopic (exact) mass is 521 g/mol. The fraction of sp³-hybridized carbons (Fsp3) is 0.174. The van der Waals surface area contributed by atoms with Crippen LogP contribution < -0.4 is 17.0 Å². The van der Waals surface area contributed by atoms with E-state index >= 15 is 0 Å². The first-order valence-electron chi connectivity index (χ1n) is 10.1. The normalized spacial score (nSPS) is 10.7. The number of ketones is 1. The quantitative estimate of drug-likeness (QED) is 0.269. The van der Waals surface area contributed by atoms with Crippen LogP contribution in [-0.4, -0.2) is 40.6 Å². The smallest absolute Gasteiger partial charge is 0.340 e. The maximum atomic E-state index is 13.5. The van der Waals surface area contributed by atoms with E-state index in [2.05, 4.69) is 4.74 Å². The molecular weight excluding hydrogens is 504 g/mol. The zero-order chi connectivity index (χ0) is 26.6. The molecule has 188 valence electrons. The molecule has 0 fully saturated rings. The summed E-state index contributed by atoms with van der Waals surface area (Å²) >= 11 is 5.73. The molecule has 0 bridgehead atoms. The number of methoxy groups -OCH3 is 1. The largest absolute Gasteiger partial charge is 0.468 e. The molecule has 0 saturated heterocycles. The molecule has 0 radical (unpaired) electrons. The molecule has 3 aromatic rings. The second kappa shape index (κ2) is 11.0. The minimum absolute atomic E-state index is 0.155. The first-order chi connectivity index (χ1) is 17.0. The van der Waals surface area contributed by atoms with E-state index in [4.69, 9.17) is 22.1 Å². The molecule has 2 N–H and O–H groups in total.